The van der Waals surface area contributed by atoms with Gasteiger partial charge in [0.25, 0.3) is 0 Å². The molecule has 18 heavy (non-hydrogen) atoms. The predicted molar refractivity (Wildman–Crippen MR) is 66.9 cm³/mol. The second kappa shape index (κ2) is 6.73. The van der Waals surface area contributed by atoms with E-state index in [4.69, 9.17) is 4.74 Å². The number of carbonyl (C=O) groups excluding carboxylic acids is 2. The molecule has 1 unspecified atom stereocenters. The van der Waals surface area contributed by atoms with Gasteiger partial charge in [0.15, 0.2) is 0 Å². The predicted octanol–water partition coefficient (Wildman–Crippen LogP) is 1.09. The molecule has 0 saturated carbocycles. The zero-order valence-electron chi connectivity index (χ0n) is 11.3. The largest absolute Gasteiger partial charge is 0.466 e. The quantitative estimate of drug-likeness (QED) is 0.766. The first kappa shape index (κ1) is 15.0. The van der Waals surface area contributed by atoms with E-state index in [2.05, 4.69) is 0 Å². The van der Waals surface area contributed by atoms with Crippen LogP contribution in [0, 0.1) is 0 Å². The molecule has 1 N–H and O–H groups in total. The van der Waals surface area contributed by atoms with Crippen molar-refractivity contribution in [1.29, 1.82) is 0 Å². The van der Waals surface area contributed by atoms with E-state index in [1.54, 1.807) is 18.7 Å². The summed E-state index contributed by atoms with van der Waals surface area (Å²) >= 11 is 0. The lowest BCUT2D eigenvalue weighted by molar-refractivity contribution is -0.145. The minimum atomic E-state index is -0.670. The van der Waals surface area contributed by atoms with Crippen LogP contribution in [0.4, 0.5) is 0 Å². The van der Waals surface area contributed by atoms with Crippen LogP contribution in [-0.2, 0) is 14.3 Å². The minimum Gasteiger partial charge on any atom is -0.466 e. The van der Waals surface area contributed by atoms with Crippen LogP contribution in [0.2, 0.25) is 0 Å². The van der Waals surface area contributed by atoms with Crippen molar-refractivity contribution in [1.82, 2.24) is 4.90 Å². The van der Waals surface area contributed by atoms with Gasteiger partial charge in [0, 0.05) is 19.5 Å². The van der Waals surface area contributed by atoms with Gasteiger partial charge in [0.2, 0.25) is 5.91 Å². The zero-order chi connectivity index (χ0) is 13.6. The fraction of sp³-hybridized carbons (Fsp3) is 0.846. The Labute approximate surface area is 108 Å². The van der Waals surface area contributed by atoms with Gasteiger partial charge < -0.3 is 14.7 Å². The van der Waals surface area contributed by atoms with E-state index in [9.17, 15) is 14.7 Å². The lowest BCUT2D eigenvalue weighted by atomic mass is 9.98. The molecule has 0 radical (unpaired) electrons. The summed E-state index contributed by atoms with van der Waals surface area (Å²) in [6.07, 6.45) is 2.45. The molecule has 1 aliphatic rings. The van der Waals surface area contributed by atoms with Crippen LogP contribution in [0.1, 0.15) is 46.0 Å². The normalized spacial score (nSPS) is 24.5. The van der Waals surface area contributed by atoms with Gasteiger partial charge in [-0.15, -0.1) is 0 Å². The van der Waals surface area contributed by atoms with Gasteiger partial charge in [-0.25, -0.2) is 0 Å². The monoisotopic (exact) mass is 257 g/mol. The van der Waals surface area contributed by atoms with E-state index in [1.165, 1.54) is 0 Å². The molecule has 5 heteroatoms. The number of amides is 1. The second-order valence-corrected chi connectivity index (χ2v) is 5.04. The van der Waals surface area contributed by atoms with Gasteiger partial charge in [0.1, 0.15) is 0 Å². The summed E-state index contributed by atoms with van der Waals surface area (Å²) < 4.78 is 4.79. The Bertz CT molecular complexity index is 301. The molecule has 0 aromatic carbocycles. The number of likely N-dealkylation sites (tertiary alicyclic amines) is 1. The third-order valence-electron chi connectivity index (χ3n) is 3.26. The third-order valence-corrected chi connectivity index (χ3v) is 3.26. The van der Waals surface area contributed by atoms with E-state index in [-0.39, 0.29) is 24.7 Å². The number of hydrogen-bond acceptors (Lipinski definition) is 4. The van der Waals surface area contributed by atoms with Gasteiger partial charge in [-0.05, 0) is 33.1 Å². The maximum Gasteiger partial charge on any atom is 0.306 e. The summed E-state index contributed by atoms with van der Waals surface area (Å²) in [5, 5.41) is 9.93. The van der Waals surface area contributed by atoms with Crippen LogP contribution in [0.15, 0.2) is 0 Å². The van der Waals surface area contributed by atoms with Gasteiger partial charge >= 0.3 is 5.97 Å². The maximum atomic E-state index is 11.9. The lowest BCUT2D eigenvalue weighted by Crippen LogP contribution is -2.33. The lowest BCUT2D eigenvalue weighted by Gasteiger charge is -2.22. The summed E-state index contributed by atoms with van der Waals surface area (Å²) in [5.74, 6) is -0.353. The van der Waals surface area contributed by atoms with Crippen LogP contribution in [0.25, 0.3) is 0 Å². The smallest absolute Gasteiger partial charge is 0.306 e. The van der Waals surface area contributed by atoms with Crippen molar-refractivity contribution in [3.05, 3.63) is 0 Å². The van der Waals surface area contributed by atoms with Crippen LogP contribution in [0.3, 0.4) is 0 Å². The standard InChI is InChI=1S/C13H23NO4/c1-3-18-12(16)6-5-11(15)14-9-4-7-13(2,17)8-10-14/h17H,3-10H2,1-2H3. The summed E-state index contributed by atoms with van der Waals surface area (Å²) in [7, 11) is 0. The van der Waals surface area contributed by atoms with Crippen molar-refractivity contribution in [2.45, 2.75) is 51.6 Å². The molecular weight excluding hydrogens is 234 g/mol. The Hall–Kier alpha value is -1.10. The van der Waals surface area contributed by atoms with E-state index < -0.39 is 5.60 Å². The second-order valence-electron chi connectivity index (χ2n) is 5.04. The highest BCUT2D eigenvalue weighted by Gasteiger charge is 2.26. The summed E-state index contributed by atoms with van der Waals surface area (Å²) in [6, 6.07) is 0. The Morgan fingerprint density at radius 1 is 1.28 bits per heavy atom. The zero-order valence-corrected chi connectivity index (χ0v) is 11.3. The van der Waals surface area contributed by atoms with E-state index in [0.29, 0.717) is 32.5 Å². The van der Waals surface area contributed by atoms with E-state index in [1.807, 2.05) is 0 Å². The van der Waals surface area contributed by atoms with Crippen molar-refractivity contribution in [3.8, 4) is 0 Å². The fourth-order valence-electron chi connectivity index (χ4n) is 2.11. The summed E-state index contributed by atoms with van der Waals surface area (Å²) in [5.41, 5.74) is -0.670. The topological polar surface area (TPSA) is 66.8 Å². The average molecular weight is 257 g/mol. The number of carbonyl (C=O) groups is 2. The highest BCUT2D eigenvalue weighted by molar-refractivity contribution is 5.81. The van der Waals surface area contributed by atoms with Crippen molar-refractivity contribution < 1.29 is 19.4 Å². The van der Waals surface area contributed by atoms with Crippen LogP contribution in [-0.4, -0.2) is 47.2 Å². The summed E-state index contributed by atoms with van der Waals surface area (Å²) in [6.45, 7) is 5.13. The fourth-order valence-corrected chi connectivity index (χ4v) is 2.11. The molecule has 0 aromatic heterocycles. The van der Waals surface area contributed by atoms with Crippen LogP contribution < -0.4 is 0 Å². The molecule has 0 bridgehead atoms. The molecule has 0 aliphatic carbocycles. The molecule has 0 aromatic rings. The van der Waals surface area contributed by atoms with Crippen molar-refractivity contribution >= 4 is 11.9 Å². The van der Waals surface area contributed by atoms with E-state index >= 15 is 0 Å². The number of rotatable bonds is 4. The molecule has 104 valence electrons. The number of esters is 1. The van der Waals surface area contributed by atoms with E-state index in [0.717, 1.165) is 6.42 Å². The van der Waals surface area contributed by atoms with Crippen molar-refractivity contribution in [2.24, 2.45) is 0 Å². The first-order chi connectivity index (χ1) is 8.44. The molecule has 1 rings (SSSR count). The molecule has 1 fully saturated rings. The number of aliphatic hydroxyl groups is 1. The molecule has 0 spiro atoms. The SMILES string of the molecule is CCOC(=O)CCC(=O)N1CCCC(C)(O)CC1. The van der Waals surface area contributed by atoms with Crippen LogP contribution >= 0.6 is 0 Å². The maximum absolute atomic E-state index is 11.9. The molecule has 1 atom stereocenters. The minimum absolute atomic E-state index is 0.0271. The Morgan fingerprint density at radius 2 is 2.00 bits per heavy atom. The average Bonchev–Trinajstić information content (AvgIpc) is 2.47. The molecule has 1 saturated heterocycles. The van der Waals surface area contributed by atoms with Crippen LogP contribution in [0.5, 0.6) is 0 Å². The highest BCUT2D eigenvalue weighted by atomic mass is 16.5. The first-order valence-electron chi connectivity index (χ1n) is 6.60. The Morgan fingerprint density at radius 3 is 2.67 bits per heavy atom. The number of ether oxygens (including phenoxy) is 1. The summed E-state index contributed by atoms with van der Waals surface area (Å²) in [4.78, 5) is 24.8. The van der Waals surface area contributed by atoms with Crippen molar-refractivity contribution in [2.75, 3.05) is 19.7 Å². The van der Waals surface area contributed by atoms with Gasteiger partial charge in [-0.1, -0.05) is 0 Å². The number of nitrogens with zero attached hydrogens (tertiary/aromatic N) is 1. The third kappa shape index (κ3) is 5.04. The van der Waals surface area contributed by atoms with Gasteiger partial charge in [0.05, 0.1) is 18.6 Å². The van der Waals surface area contributed by atoms with Gasteiger partial charge in [-0.2, -0.15) is 0 Å². The Balaban J connectivity index is 2.35. The Kier molecular flexibility index (Phi) is 5.59. The molecule has 1 heterocycles. The number of hydrogen-bond donors (Lipinski definition) is 1. The molecule has 5 nitrogen and oxygen atoms in total. The molecule has 1 aliphatic heterocycles. The highest BCUT2D eigenvalue weighted by Crippen LogP contribution is 2.21. The molecular formula is C13H23NO4. The van der Waals surface area contributed by atoms with Gasteiger partial charge in [-0.3, -0.25) is 9.59 Å². The molecule has 1 amide bonds. The van der Waals surface area contributed by atoms with Crippen molar-refractivity contribution in [3.63, 3.8) is 0 Å². The first-order valence-corrected chi connectivity index (χ1v) is 6.60.